The highest BCUT2D eigenvalue weighted by Crippen LogP contribution is 2.30. The highest BCUT2D eigenvalue weighted by Gasteiger charge is 2.54. The molecule has 0 fully saturated rings. The molecule has 18 heavy (non-hydrogen) atoms. The van der Waals surface area contributed by atoms with Crippen molar-refractivity contribution in [2.24, 2.45) is 0 Å². The lowest BCUT2D eigenvalue weighted by Gasteiger charge is -2.47. The number of halogens is 2. The number of rotatable bonds is 3. The Hall–Kier alpha value is -0.526. The second kappa shape index (κ2) is 4.87. The Morgan fingerprint density at radius 3 is 1.72 bits per heavy atom. The maximum atomic E-state index is 14.9. The quantitative estimate of drug-likeness (QED) is 0.605. The zero-order valence-electron chi connectivity index (χ0n) is 12.1. The highest BCUT2D eigenvalue weighted by atomic mass is 28.5. The molecule has 0 radical (unpaired) electrons. The van der Waals surface area contributed by atoms with E-state index in [9.17, 15) is 8.22 Å². The zero-order chi connectivity index (χ0) is 14.2. The minimum atomic E-state index is -4.58. The van der Waals surface area contributed by atoms with E-state index in [0.717, 1.165) is 0 Å². The average molecular weight is 288 g/mol. The molecule has 0 saturated carbocycles. The molecule has 0 N–H and O–H groups in total. The second-order valence-electron chi connectivity index (χ2n) is 6.58. The largest absolute Gasteiger partial charge is 0.534 e. The summed E-state index contributed by atoms with van der Waals surface area (Å²) in [6, 6.07) is 8.29. The van der Waals surface area contributed by atoms with Crippen LogP contribution in [0.4, 0.5) is 8.22 Å². The van der Waals surface area contributed by atoms with Crippen molar-refractivity contribution >= 4 is 22.3 Å². The summed E-state index contributed by atoms with van der Waals surface area (Å²) in [5.74, 6) is 0. The van der Waals surface area contributed by atoms with Crippen LogP contribution < -0.4 is 5.19 Å². The van der Waals surface area contributed by atoms with Crippen molar-refractivity contribution < 1.29 is 8.22 Å². The van der Waals surface area contributed by atoms with Gasteiger partial charge in [-0.2, -0.15) is 0 Å². The standard InChI is InChI=1S/C13H23F2NSi2/c1-13(2,3)16(17(4,5)6)18(14,15)12-10-8-7-9-11-12/h7-11H,1-6H3. The van der Waals surface area contributed by atoms with Gasteiger partial charge in [0.25, 0.3) is 0 Å². The van der Waals surface area contributed by atoms with Gasteiger partial charge < -0.3 is 0 Å². The molecule has 0 amide bonds. The normalized spacial score (nSPS) is 14.1. The van der Waals surface area contributed by atoms with Crippen LogP contribution in [0.5, 0.6) is 0 Å². The van der Waals surface area contributed by atoms with E-state index in [-0.39, 0.29) is 5.19 Å². The highest BCUT2D eigenvalue weighted by molar-refractivity contribution is 6.91. The van der Waals surface area contributed by atoms with E-state index in [2.05, 4.69) is 0 Å². The van der Waals surface area contributed by atoms with Crippen LogP contribution >= 0.6 is 0 Å². The molecule has 1 aromatic rings. The maximum Gasteiger partial charge on any atom is 0.534 e. The van der Waals surface area contributed by atoms with Crippen molar-refractivity contribution in [2.45, 2.75) is 46.0 Å². The monoisotopic (exact) mass is 287 g/mol. The third-order valence-electron chi connectivity index (χ3n) is 2.74. The van der Waals surface area contributed by atoms with Crippen LogP contribution in [0.3, 0.4) is 0 Å². The van der Waals surface area contributed by atoms with E-state index >= 15 is 0 Å². The average Bonchev–Trinajstić information content (AvgIpc) is 2.13. The van der Waals surface area contributed by atoms with Gasteiger partial charge in [-0.25, -0.2) is 8.22 Å². The Kier molecular flexibility index (Phi) is 4.20. The van der Waals surface area contributed by atoms with Gasteiger partial charge >= 0.3 is 8.90 Å². The molecule has 0 heterocycles. The predicted octanol–water partition coefficient (Wildman–Crippen LogP) is 3.71. The van der Waals surface area contributed by atoms with Gasteiger partial charge in [0.05, 0.1) is 0 Å². The molecule has 5 heteroatoms. The first-order valence-electron chi connectivity index (χ1n) is 6.21. The second-order valence-corrected chi connectivity index (χ2v) is 13.9. The van der Waals surface area contributed by atoms with Gasteiger partial charge in [0, 0.05) is 10.7 Å². The van der Waals surface area contributed by atoms with E-state index in [1.54, 1.807) is 34.6 Å². The van der Waals surface area contributed by atoms with Crippen molar-refractivity contribution in [3.8, 4) is 0 Å². The van der Waals surface area contributed by atoms with E-state index in [4.69, 9.17) is 0 Å². The molecule has 0 atom stereocenters. The summed E-state index contributed by atoms with van der Waals surface area (Å²) in [5, 5.41) is 0.211. The Balaban J connectivity index is 3.30. The molecule has 1 rings (SSSR count). The third kappa shape index (κ3) is 3.27. The topological polar surface area (TPSA) is 3.24 Å². The lowest BCUT2D eigenvalue weighted by Crippen LogP contribution is -2.70. The number of nitrogens with zero attached hydrogens (tertiary/aromatic N) is 1. The van der Waals surface area contributed by atoms with Gasteiger partial charge in [-0.1, -0.05) is 50.0 Å². The Morgan fingerprint density at radius 1 is 0.944 bits per heavy atom. The maximum absolute atomic E-state index is 14.9. The van der Waals surface area contributed by atoms with Gasteiger partial charge in [0.1, 0.15) is 8.24 Å². The minimum absolute atomic E-state index is 0.211. The fourth-order valence-electron chi connectivity index (χ4n) is 2.62. The minimum Gasteiger partial charge on any atom is -0.287 e. The summed E-state index contributed by atoms with van der Waals surface area (Å²) >= 11 is 0. The summed E-state index contributed by atoms with van der Waals surface area (Å²) in [6.45, 7) is 11.6. The lowest BCUT2D eigenvalue weighted by atomic mass is 10.1. The van der Waals surface area contributed by atoms with Crippen molar-refractivity contribution in [3.05, 3.63) is 30.3 Å². The molecule has 0 aliphatic rings. The first-order chi connectivity index (χ1) is 7.97. The molecule has 0 aromatic heterocycles. The molecule has 0 saturated heterocycles. The van der Waals surface area contributed by atoms with Crippen LogP contribution in [0.15, 0.2) is 30.3 Å². The lowest BCUT2D eigenvalue weighted by molar-refractivity contribution is 0.300. The fourth-order valence-corrected chi connectivity index (χ4v) is 10.1. The van der Waals surface area contributed by atoms with Gasteiger partial charge in [0.2, 0.25) is 0 Å². The van der Waals surface area contributed by atoms with Gasteiger partial charge in [0.15, 0.2) is 0 Å². The van der Waals surface area contributed by atoms with Gasteiger partial charge in [-0.15, -0.1) is 0 Å². The molecule has 1 nitrogen and oxygen atoms in total. The summed E-state index contributed by atoms with van der Waals surface area (Å²) in [6.07, 6.45) is 0. The van der Waals surface area contributed by atoms with Crippen molar-refractivity contribution in [1.29, 1.82) is 0 Å². The molecule has 0 aliphatic carbocycles. The van der Waals surface area contributed by atoms with Crippen LogP contribution in [0.25, 0.3) is 0 Å². The number of benzene rings is 1. The summed E-state index contributed by atoms with van der Waals surface area (Å²) in [7, 11) is -6.68. The Morgan fingerprint density at radius 2 is 1.39 bits per heavy atom. The Labute approximate surface area is 111 Å². The van der Waals surface area contributed by atoms with Crippen LogP contribution in [-0.2, 0) is 0 Å². The molecule has 102 valence electrons. The molecule has 1 aromatic carbocycles. The van der Waals surface area contributed by atoms with Crippen molar-refractivity contribution in [1.82, 2.24) is 4.23 Å². The summed E-state index contributed by atoms with van der Waals surface area (Å²) < 4.78 is 31.4. The zero-order valence-corrected chi connectivity index (χ0v) is 14.1. The van der Waals surface area contributed by atoms with Crippen molar-refractivity contribution in [2.75, 3.05) is 0 Å². The first-order valence-corrected chi connectivity index (χ1v) is 11.4. The Bertz CT molecular complexity index is 380. The molecule has 0 aliphatic heterocycles. The van der Waals surface area contributed by atoms with Crippen LogP contribution in [0.1, 0.15) is 20.8 Å². The number of hydrogen-bond donors (Lipinski definition) is 0. The van der Waals surface area contributed by atoms with Crippen LogP contribution in [-0.4, -0.2) is 26.9 Å². The molecule has 0 bridgehead atoms. The van der Waals surface area contributed by atoms with E-state index in [0.29, 0.717) is 0 Å². The predicted molar refractivity (Wildman–Crippen MR) is 79.0 cm³/mol. The summed E-state index contributed by atoms with van der Waals surface area (Å²) in [4.78, 5) is 0. The van der Waals surface area contributed by atoms with E-state index in [1.807, 2.05) is 40.4 Å². The van der Waals surface area contributed by atoms with E-state index in [1.165, 1.54) is 0 Å². The van der Waals surface area contributed by atoms with Gasteiger partial charge in [-0.3, -0.25) is 4.23 Å². The number of hydrogen-bond acceptors (Lipinski definition) is 1. The van der Waals surface area contributed by atoms with Crippen LogP contribution in [0.2, 0.25) is 19.6 Å². The fraction of sp³-hybridized carbons (Fsp3) is 0.538. The molecular formula is C13H23F2NSi2. The van der Waals surface area contributed by atoms with Gasteiger partial charge in [-0.05, 0) is 20.8 Å². The SMILES string of the molecule is CC(C)(C)N([Si](C)(C)C)[Si](F)(F)c1ccccc1. The smallest absolute Gasteiger partial charge is 0.287 e. The van der Waals surface area contributed by atoms with Crippen LogP contribution in [0, 0.1) is 0 Å². The first kappa shape index (κ1) is 15.5. The van der Waals surface area contributed by atoms with E-state index < -0.39 is 22.7 Å². The molecule has 0 spiro atoms. The molecule has 0 unspecified atom stereocenters. The molecular weight excluding hydrogens is 264 g/mol. The van der Waals surface area contributed by atoms with Crippen molar-refractivity contribution in [3.63, 3.8) is 0 Å². The summed E-state index contributed by atoms with van der Waals surface area (Å²) in [5.41, 5.74) is -0.504. The third-order valence-corrected chi connectivity index (χ3v) is 9.87.